The summed E-state index contributed by atoms with van der Waals surface area (Å²) in [5.41, 5.74) is 5.79. The van der Waals surface area contributed by atoms with Crippen LogP contribution in [0.15, 0.2) is 36.4 Å². The highest BCUT2D eigenvalue weighted by Gasteiger charge is 2.23. The normalized spacial score (nSPS) is 13.2. The summed E-state index contributed by atoms with van der Waals surface area (Å²) in [6.07, 6.45) is 0.980. The van der Waals surface area contributed by atoms with Gasteiger partial charge in [0.05, 0.1) is 6.04 Å². The molecule has 2 aromatic carbocycles. The third-order valence-electron chi connectivity index (χ3n) is 4.80. The van der Waals surface area contributed by atoms with Crippen LogP contribution in [-0.2, 0) is 4.79 Å². The number of benzene rings is 2. The SMILES string of the molecule is CC[C@H](NC(=O)[C@@H](CC)Oc1cc(C)ccc1C)c1ccc(C)cc1C. The predicted molar refractivity (Wildman–Crippen MR) is 108 cm³/mol. The van der Waals surface area contributed by atoms with Crippen molar-refractivity contribution in [2.24, 2.45) is 0 Å². The Bertz CT molecular complexity index is 767. The molecule has 1 amide bonds. The monoisotopic (exact) mass is 353 g/mol. The lowest BCUT2D eigenvalue weighted by Gasteiger charge is -2.24. The number of rotatable bonds is 7. The summed E-state index contributed by atoms with van der Waals surface area (Å²) < 4.78 is 6.06. The van der Waals surface area contributed by atoms with Gasteiger partial charge in [0, 0.05) is 0 Å². The van der Waals surface area contributed by atoms with Crippen LogP contribution >= 0.6 is 0 Å². The molecule has 0 aliphatic heterocycles. The van der Waals surface area contributed by atoms with Gasteiger partial charge in [-0.15, -0.1) is 0 Å². The number of hydrogen-bond acceptors (Lipinski definition) is 2. The molecule has 0 unspecified atom stereocenters. The van der Waals surface area contributed by atoms with Gasteiger partial charge in [0.25, 0.3) is 5.91 Å². The van der Waals surface area contributed by atoms with Gasteiger partial charge in [-0.3, -0.25) is 4.79 Å². The molecule has 0 aromatic heterocycles. The van der Waals surface area contributed by atoms with Gasteiger partial charge in [-0.25, -0.2) is 0 Å². The van der Waals surface area contributed by atoms with Crippen molar-refractivity contribution >= 4 is 5.91 Å². The number of hydrogen-bond donors (Lipinski definition) is 1. The lowest BCUT2D eigenvalue weighted by Crippen LogP contribution is -2.40. The van der Waals surface area contributed by atoms with Gasteiger partial charge in [-0.05, 0) is 68.9 Å². The third kappa shape index (κ3) is 4.87. The molecule has 0 radical (unpaired) electrons. The molecule has 2 rings (SSSR count). The van der Waals surface area contributed by atoms with Gasteiger partial charge in [0.2, 0.25) is 0 Å². The highest BCUT2D eigenvalue weighted by Crippen LogP contribution is 2.24. The molecule has 1 N–H and O–H groups in total. The predicted octanol–water partition coefficient (Wildman–Crippen LogP) is 5.35. The Balaban J connectivity index is 2.15. The van der Waals surface area contributed by atoms with Crippen molar-refractivity contribution in [1.29, 1.82) is 0 Å². The topological polar surface area (TPSA) is 38.3 Å². The van der Waals surface area contributed by atoms with Crippen LogP contribution in [0.5, 0.6) is 5.75 Å². The van der Waals surface area contributed by atoms with E-state index in [1.54, 1.807) is 0 Å². The van der Waals surface area contributed by atoms with Crippen molar-refractivity contribution in [1.82, 2.24) is 5.32 Å². The van der Waals surface area contributed by atoms with Crippen LogP contribution in [0.2, 0.25) is 0 Å². The molecule has 0 bridgehead atoms. The van der Waals surface area contributed by atoms with Gasteiger partial charge >= 0.3 is 0 Å². The van der Waals surface area contributed by atoms with Gasteiger partial charge in [-0.1, -0.05) is 49.7 Å². The van der Waals surface area contributed by atoms with Crippen molar-refractivity contribution in [3.05, 3.63) is 64.2 Å². The van der Waals surface area contributed by atoms with E-state index in [0.29, 0.717) is 6.42 Å². The Morgan fingerprint density at radius 1 is 0.923 bits per heavy atom. The quantitative estimate of drug-likeness (QED) is 0.729. The Kier molecular flexibility index (Phi) is 6.84. The van der Waals surface area contributed by atoms with E-state index in [2.05, 4.69) is 50.4 Å². The largest absolute Gasteiger partial charge is 0.480 e. The van der Waals surface area contributed by atoms with Crippen LogP contribution in [0.1, 0.15) is 60.5 Å². The molecule has 0 saturated carbocycles. The maximum absolute atomic E-state index is 12.9. The van der Waals surface area contributed by atoms with Crippen LogP contribution in [0.4, 0.5) is 0 Å². The minimum Gasteiger partial charge on any atom is -0.480 e. The molecule has 3 nitrogen and oxygen atoms in total. The van der Waals surface area contributed by atoms with E-state index < -0.39 is 6.10 Å². The summed E-state index contributed by atoms with van der Waals surface area (Å²) in [4.78, 5) is 12.9. The molecule has 140 valence electrons. The van der Waals surface area contributed by atoms with Crippen LogP contribution in [0.25, 0.3) is 0 Å². The van der Waals surface area contributed by atoms with Crippen molar-refractivity contribution in [2.75, 3.05) is 0 Å². The maximum atomic E-state index is 12.9. The summed E-state index contributed by atoms with van der Waals surface area (Å²) in [7, 11) is 0. The summed E-state index contributed by atoms with van der Waals surface area (Å²) >= 11 is 0. The number of nitrogens with one attached hydrogen (secondary N) is 1. The highest BCUT2D eigenvalue weighted by atomic mass is 16.5. The van der Waals surface area contributed by atoms with Gasteiger partial charge in [0.1, 0.15) is 5.75 Å². The second kappa shape index (κ2) is 8.88. The fourth-order valence-corrected chi connectivity index (χ4v) is 3.19. The Morgan fingerprint density at radius 3 is 2.19 bits per heavy atom. The van der Waals surface area contributed by atoms with Crippen LogP contribution < -0.4 is 10.1 Å². The lowest BCUT2D eigenvalue weighted by molar-refractivity contribution is -0.129. The molecule has 0 saturated heterocycles. The van der Waals surface area contributed by atoms with Crippen molar-refractivity contribution < 1.29 is 9.53 Å². The first kappa shape index (κ1) is 20.0. The van der Waals surface area contributed by atoms with E-state index in [1.165, 1.54) is 16.7 Å². The molecule has 0 heterocycles. The summed E-state index contributed by atoms with van der Waals surface area (Å²) in [5.74, 6) is 0.729. The number of carbonyl (C=O) groups excluding carboxylic acids is 1. The van der Waals surface area contributed by atoms with Crippen molar-refractivity contribution in [2.45, 2.75) is 66.5 Å². The molecular formula is C23H31NO2. The Hall–Kier alpha value is -2.29. The third-order valence-corrected chi connectivity index (χ3v) is 4.80. The van der Waals surface area contributed by atoms with Crippen molar-refractivity contribution in [3.8, 4) is 5.75 Å². The highest BCUT2D eigenvalue weighted by molar-refractivity contribution is 5.81. The Morgan fingerprint density at radius 2 is 1.58 bits per heavy atom. The molecule has 3 heteroatoms. The zero-order valence-electron chi connectivity index (χ0n) is 16.8. The average Bonchev–Trinajstić information content (AvgIpc) is 2.60. The number of ether oxygens (including phenoxy) is 1. The molecule has 2 aromatic rings. The summed E-state index contributed by atoms with van der Waals surface area (Å²) in [5, 5.41) is 3.18. The molecular weight excluding hydrogens is 322 g/mol. The second-order valence-electron chi connectivity index (χ2n) is 7.11. The molecule has 0 aliphatic rings. The van der Waals surface area contributed by atoms with E-state index >= 15 is 0 Å². The molecule has 0 aliphatic carbocycles. The van der Waals surface area contributed by atoms with Crippen LogP contribution in [0, 0.1) is 27.7 Å². The van der Waals surface area contributed by atoms with E-state index in [0.717, 1.165) is 23.3 Å². The fourth-order valence-electron chi connectivity index (χ4n) is 3.19. The Labute approximate surface area is 157 Å². The zero-order chi connectivity index (χ0) is 19.3. The number of aryl methyl sites for hydroxylation is 4. The van der Waals surface area contributed by atoms with Crippen LogP contribution in [-0.4, -0.2) is 12.0 Å². The molecule has 0 fully saturated rings. The molecule has 2 atom stereocenters. The molecule has 0 spiro atoms. The first-order chi connectivity index (χ1) is 12.3. The number of amides is 1. The lowest BCUT2D eigenvalue weighted by atomic mass is 9.97. The molecule has 26 heavy (non-hydrogen) atoms. The minimum absolute atomic E-state index is 0.000596. The van der Waals surface area contributed by atoms with Gasteiger partial charge in [-0.2, -0.15) is 0 Å². The van der Waals surface area contributed by atoms with E-state index in [-0.39, 0.29) is 11.9 Å². The number of carbonyl (C=O) groups is 1. The van der Waals surface area contributed by atoms with Gasteiger partial charge in [0.15, 0.2) is 6.10 Å². The average molecular weight is 354 g/mol. The second-order valence-corrected chi connectivity index (χ2v) is 7.11. The van der Waals surface area contributed by atoms with E-state index in [9.17, 15) is 4.79 Å². The standard InChI is InChI=1S/C23H31NO2/c1-7-20(19-12-10-15(3)13-18(19)6)24-23(25)21(8-2)26-22-14-16(4)9-11-17(22)5/h9-14,20-21H,7-8H2,1-6H3,(H,24,25)/t20-,21+/m0/s1. The summed E-state index contributed by atoms with van der Waals surface area (Å²) in [6, 6.07) is 12.4. The fraction of sp³-hybridized carbons (Fsp3) is 0.435. The first-order valence-corrected chi connectivity index (χ1v) is 9.47. The smallest absolute Gasteiger partial charge is 0.261 e. The minimum atomic E-state index is -0.490. The van der Waals surface area contributed by atoms with E-state index in [1.807, 2.05) is 32.9 Å². The maximum Gasteiger partial charge on any atom is 0.261 e. The first-order valence-electron chi connectivity index (χ1n) is 9.47. The summed E-state index contributed by atoms with van der Waals surface area (Å²) in [6.45, 7) is 12.3. The van der Waals surface area contributed by atoms with Crippen LogP contribution in [0.3, 0.4) is 0 Å². The van der Waals surface area contributed by atoms with E-state index in [4.69, 9.17) is 4.74 Å². The zero-order valence-corrected chi connectivity index (χ0v) is 16.8. The van der Waals surface area contributed by atoms with Crippen molar-refractivity contribution in [3.63, 3.8) is 0 Å². The van der Waals surface area contributed by atoms with Gasteiger partial charge < -0.3 is 10.1 Å².